The third-order valence-corrected chi connectivity index (χ3v) is 8.92. The van der Waals surface area contributed by atoms with Crippen molar-refractivity contribution < 1.29 is 9.13 Å². The fraction of sp³-hybridized carbons (Fsp3) is 0.0500. The molecule has 0 fully saturated rings. The van der Waals surface area contributed by atoms with Gasteiger partial charge in [0.1, 0.15) is 0 Å². The highest BCUT2D eigenvalue weighted by atomic mass is 79.9. The molecular weight excluding hydrogens is 616 g/mol. The van der Waals surface area contributed by atoms with Gasteiger partial charge in [0, 0.05) is 64.7 Å². The number of benzene rings is 3. The molecule has 7 aromatic rings. The van der Waals surface area contributed by atoms with Crippen LogP contribution in [0.5, 0.6) is 0 Å². The molecule has 0 spiro atoms. The second-order valence-corrected chi connectivity index (χ2v) is 11.8. The summed E-state index contributed by atoms with van der Waals surface area (Å²) in [4.78, 5) is 8.23. The topological polar surface area (TPSA) is 33.5 Å². The Morgan fingerprint density at radius 2 is 0.756 bits per heavy atom. The van der Waals surface area contributed by atoms with Crippen LogP contribution in [0.25, 0.3) is 44.5 Å². The molecule has 4 nitrogen and oxygen atoms in total. The first-order valence-electron chi connectivity index (χ1n) is 15.0. The first kappa shape index (κ1) is 28.5. The zero-order valence-electron chi connectivity index (χ0n) is 24.7. The zero-order chi connectivity index (χ0) is 30.4. The number of hydrogen-bond acceptors (Lipinski definition) is 2. The Morgan fingerprint density at radius 1 is 0.400 bits per heavy atom. The predicted octanol–water partition coefficient (Wildman–Crippen LogP) is 8.58. The summed E-state index contributed by atoms with van der Waals surface area (Å²) in [6.07, 6.45) is 15.8. The van der Waals surface area contributed by atoms with Gasteiger partial charge in [0.05, 0.1) is 0 Å². The van der Waals surface area contributed by atoms with Crippen LogP contribution < -0.4 is 9.13 Å². The van der Waals surface area contributed by atoms with E-state index in [1.54, 1.807) is 0 Å². The molecule has 3 aromatic carbocycles. The molecule has 7 rings (SSSR count). The van der Waals surface area contributed by atoms with Gasteiger partial charge in [0.2, 0.25) is 0 Å². The molecule has 0 unspecified atom stereocenters. The van der Waals surface area contributed by atoms with Crippen molar-refractivity contribution in [3.63, 3.8) is 0 Å². The quantitative estimate of drug-likeness (QED) is 0.155. The molecule has 45 heavy (non-hydrogen) atoms. The van der Waals surface area contributed by atoms with Crippen molar-refractivity contribution in [3.8, 4) is 44.5 Å². The normalized spacial score (nSPS) is 11.0. The summed E-state index contributed by atoms with van der Waals surface area (Å²) in [5, 5.41) is 0. The summed E-state index contributed by atoms with van der Waals surface area (Å²) in [6.45, 7) is 1.63. The third kappa shape index (κ3) is 6.64. The van der Waals surface area contributed by atoms with Crippen LogP contribution in [-0.2, 0) is 13.1 Å². The van der Waals surface area contributed by atoms with Gasteiger partial charge in [-0.25, -0.2) is 9.13 Å². The number of aromatic nitrogens is 4. The van der Waals surface area contributed by atoms with Crippen molar-refractivity contribution in [2.75, 3.05) is 0 Å². The average molecular weight is 648 g/mol. The predicted molar refractivity (Wildman–Crippen MR) is 183 cm³/mol. The van der Waals surface area contributed by atoms with Gasteiger partial charge in [-0.1, -0.05) is 66.7 Å². The van der Waals surface area contributed by atoms with E-state index in [2.05, 4.69) is 151 Å². The van der Waals surface area contributed by atoms with Gasteiger partial charge in [-0.2, -0.15) is 0 Å². The average Bonchev–Trinajstić information content (AvgIpc) is 3.11. The summed E-state index contributed by atoms with van der Waals surface area (Å²) >= 11 is 3.94. The lowest BCUT2D eigenvalue weighted by molar-refractivity contribution is -0.688. The number of pyridine rings is 4. The number of halogens is 1. The third-order valence-electron chi connectivity index (χ3n) is 8.07. The van der Waals surface area contributed by atoms with Crippen LogP contribution in [0.1, 0.15) is 11.1 Å². The summed E-state index contributed by atoms with van der Waals surface area (Å²) in [6, 6.07) is 41.0. The Balaban J connectivity index is 1.03. The molecule has 0 saturated heterocycles. The van der Waals surface area contributed by atoms with Crippen LogP contribution in [0.15, 0.2) is 169 Å². The van der Waals surface area contributed by atoms with Crippen LogP contribution in [0, 0.1) is 0 Å². The minimum Gasteiger partial charge on any atom is -0.265 e. The molecule has 4 aromatic heterocycles. The van der Waals surface area contributed by atoms with E-state index in [1.807, 2.05) is 49.1 Å². The summed E-state index contributed by atoms with van der Waals surface area (Å²) in [5.41, 5.74) is 12.0. The molecule has 216 valence electrons. The van der Waals surface area contributed by atoms with Crippen molar-refractivity contribution in [3.05, 3.63) is 180 Å². The van der Waals surface area contributed by atoms with Crippen LogP contribution in [0.4, 0.5) is 0 Å². The van der Waals surface area contributed by atoms with E-state index >= 15 is 0 Å². The minimum absolute atomic E-state index is 0.817. The lowest BCUT2D eigenvalue weighted by atomic mass is 9.97. The van der Waals surface area contributed by atoms with Crippen molar-refractivity contribution in [1.29, 1.82) is 0 Å². The Bertz CT molecular complexity index is 1860. The van der Waals surface area contributed by atoms with E-state index in [1.165, 1.54) is 55.6 Å². The standard InChI is InChI=1S/C40H31BrN4/c41-40-38(36-8-4-30(5-9-36)28-44-24-16-34(17-25-44)32-12-20-42-21-13-32)2-1-3-39(40)37-10-6-31(7-11-37)29-45-26-18-35(19-27-45)33-14-22-43-23-15-33/h1-27H,28-29H2/q+2. The van der Waals surface area contributed by atoms with Crippen molar-refractivity contribution in [1.82, 2.24) is 9.97 Å². The number of nitrogens with zero attached hydrogens (tertiary/aromatic N) is 4. The van der Waals surface area contributed by atoms with Gasteiger partial charge in [0.25, 0.3) is 0 Å². The largest absolute Gasteiger partial charge is 0.265 e. The fourth-order valence-electron chi connectivity index (χ4n) is 5.58. The van der Waals surface area contributed by atoms with Crippen LogP contribution in [-0.4, -0.2) is 9.97 Å². The highest BCUT2D eigenvalue weighted by molar-refractivity contribution is 9.10. The molecular formula is C40H31BrN4+2. The van der Waals surface area contributed by atoms with Gasteiger partial charge >= 0.3 is 0 Å². The first-order chi connectivity index (χ1) is 22.2. The second-order valence-electron chi connectivity index (χ2n) is 11.1. The zero-order valence-corrected chi connectivity index (χ0v) is 26.3. The molecule has 4 heterocycles. The maximum absolute atomic E-state index is 4.11. The minimum atomic E-state index is 0.817. The van der Waals surface area contributed by atoms with Crippen molar-refractivity contribution >= 4 is 15.9 Å². The Labute approximate surface area is 272 Å². The van der Waals surface area contributed by atoms with E-state index < -0.39 is 0 Å². The lowest BCUT2D eigenvalue weighted by Crippen LogP contribution is -2.32. The van der Waals surface area contributed by atoms with Gasteiger partial charge in [-0.05, 0) is 84.7 Å². The monoisotopic (exact) mass is 646 g/mol. The van der Waals surface area contributed by atoms with Crippen LogP contribution in [0.3, 0.4) is 0 Å². The first-order valence-corrected chi connectivity index (χ1v) is 15.7. The molecule has 0 aliphatic carbocycles. The number of hydrogen-bond donors (Lipinski definition) is 0. The summed E-state index contributed by atoms with van der Waals surface area (Å²) in [5.74, 6) is 0. The SMILES string of the molecule is Brc1c(-c2ccc(C[n+]3ccc(-c4ccncc4)cc3)cc2)cccc1-c1ccc(C[n+]2ccc(-c3ccncc3)cc2)cc1. The number of rotatable bonds is 8. The second kappa shape index (κ2) is 13.2. The van der Waals surface area contributed by atoms with E-state index in [9.17, 15) is 0 Å². The molecule has 0 atom stereocenters. The van der Waals surface area contributed by atoms with E-state index in [0.29, 0.717) is 0 Å². The molecule has 0 saturated carbocycles. The Morgan fingerprint density at radius 3 is 1.13 bits per heavy atom. The van der Waals surface area contributed by atoms with Gasteiger partial charge in [-0.3, -0.25) is 9.97 Å². The van der Waals surface area contributed by atoms with Gasteiger partial charge in [0.15, 0.2) is 37.9 Å². The Hall–Kier alpha value is -5.26. The van der Waals surface area contributed by atoms with E-state index in [4.69, 9.17) is 0 Å². The van der Waals surface area contributed by atoms with Crippen LogP contribution in [0.2, 0.25) is 0 Å². The van der Waals surface area contributed by atoms with Crippen molar-refractivity contribution in [2.45, 2.75) is 13.1 Å². The molecule has 0 N–H and O–H groups in total. The molecule has 5 heteroatoms. The lowest BCUT2D eigenvalue weighted by Gasteiger charge is -2.11. The molecule has 0 radical (unpaired) electrons. The summed E-state index contributed by atoms with van der Waals surface area (Å²) in [7, 11) is 0. The van der Waals surface area contributed by atoms with Gasteiger partial charge in [-0.15, -0.1) is 0 Å². The fourth-order valence-corrected chi connectivity index (χ4v) is 6.30. The molecule has 0 aliphatic rings. The summed E-state index contributed by atoms with van der Waals surface area (Å²) < 4.78 is 5.51. The molecule has 0 amide bonds. The van der Waals surface area contributed by atoms with Crippen LogP contribution >= 0.6 is 15.9 Å². The van der Waals surface area contributed by atoms with E-state index in [0.717, 1.165) is 17.6 Å². The highest BCUT2D eigenvalue weighted by Gasteiger charge is 2.12. The Kier molecular flexibility index (Phi) is 8.34. The van der Waals surface area contributed by atoms with Gasteiger partial charge < -0.3 is 0 Å². The molecule has 0 bridgehead atoms. The maximum atomic E-state index is 4.11. The highest BCUT2D eigenvalue weighted by Crippen LogP contribution is 2.37. The molecule has 0 aliphatic heterocycles. The maximum Gasteiger partial charge on any atom is 0.173 e. The smallest absolute Gasteiger partial charge is 0.173 e. The van der Waals surface area contributed by atoms with Crippen molar-refractivity contribution in [2.24, 2.45) is 0 Å². The van der Waals surface area contributed by atoms with E-state index in [-0.39, 0.29) is 0 Å².